The summed E-state index contributed by atoms with van der Waals surface area (Å²) in [6.45, 7) is 0. The molecule has 2 N–H and O–H groups in total. The van der Waals surface area contributed by atoms with Gasteiger partial charge < -0.3 is 10.1 Å². The number of H-pyrrole nitrogens is 1. The summed E-state index contributed by atoms with van der Waals surface area (Å²) in [7, 11) is 0. The van der Waals surface area contributed by atoms with E-state index in [0.717, 1.165) is 55.6 Å². The standard InChI is InChI=1S/C42H27N5O/c48-37-23-9-7-17-30(37)42-44-41-35(46(42)27-13-2-1-3-14-27)21-11-22-36(41)47-34-20-8-6-16-29(34)40(45-47)32-19-10-18-31-38-28-15-5-4-12-26(28)24-25-33(38)43-39(31)32/h1-25,43,48H. The van der Waals surface area contributed by atoms with Crippen molar-refractivity contribution in [3.05, 3.63) is 152 Å². The van der Waals surface area contributed by atoms with Crippen molar-refractivity contribution in [3.63, 3.8) is 0 Å². The van der Waals surface area contributed by atoms with Gasteiger partial charge in [-0.05, 0) is 59.3 Å². The molecular weight excluding hydrogens is 590 g/mol. The molecule has 3 aromatic heterocycles. The molecule has 0 atom stereocenters. The number of benzene rings is 7. The van der Waals surface area contributed by atoms with Crippen molar-refractivity contribution in [1.82, 2.24) is 24.3 Å². The number of imidazole rings is 1. The second kappa shape index (κ2) is 10.2. The second-order valence-electron chi connectivity index (χ2n) is 12.1. The third kappa shape index (κ3) is 3.80. The van der Waals surface area contributed by atoms with Crippen LogP contribution in [-0.4, -0.2) is 29.4 Å². The van der Waals surface area contributed by atoms with Crippen LogP contribution in [0.15, 0.2) is 152 Å². The van der Waals surface area contributed by atoms with Crippen LogP contribution in [0.3, 0.4) is 0 Å². The van der Waals surface area contributed by atoms with Crippen molar-refractivity contribution >= 4 is 54.5 Å². The van der Waals surface area contributed by atoms with Crippen LogP contribution in [0.5, 0.6) is 5.75 Å². The van der Waals surface area contributed by atoms with Crippen LogP contribution >= 0.6 is 0 Å². The number of phenols is 1. The number of aromatic amines is 1. The van der Waals surface area contributed by atoms with Gasteiger partial charge in [-0.3, -0.25) is 4.57 Å². The molecule has 0 radical (unpaired) electrons. The molecule has 0 fully saturated rings. The molecule has 6 heteroatoms. The number of nitrogens with one attached hydrogen (secondary N) is 1. The van der Waals surface area contributed by atoms with Gasteiger partial charge in [-0.25, -0.2) is 9.67 Å². The molecule has 7 aromatic carbocycles. The van der Waals surface area contributed by atoms with Gasteiger partial charge in [0.1, 0.15) is 22.8 Å². The quantitative estimate of drug-likeness (QED) is 0.206. The number of phenolic OH excluding ortho intramolecular Hbond substituents is 1. The van der Waals surface area contributed by atoms with Crippen molar-refractivity contribution in [3.8, 4) is 39.8 Å². The van der Waals surface area contributed by atoms with Crippen LogP contribution in [0.4, 0.5) is 0 Å². The molecule has 0 bridgehead atoms. The fourth-order valence-electron chi connectivity index (χ4n) is 7.28. The fraction of sp³-hybridized carbons (Fsp3) is 0. The van der Waals surface area contributed by atoms with Crippen LogP contribution in [0.1, 0.15) is 0 Å². The zero-order chi connectivity index (χ0) is 31.8. The summed E-state index contributed by atoms with van der Waals surface area (Å²) in [5.74, 6) is 0.839. The molecule has 0 aliphatic heterocycles. The number of hydrogen-bond acceptors (Lipinski definition) is 3. The highest BCUT2D eigenvalue weighted by molar-refractivity contribution is 6.22. The monoisotopic (exact) mass is 617 g/mol. The van der Waals surface area contributed by atoms with Crippen LogP contribution in [0.25, 0.3) is 88.5 Å². The molecular formula is C42H27N5O. The smallest absolute Gasteiger partial charge is 0.149 e. The normalized spacial score (nSPS) is 11.8. The lowest BCUT2D eigenvalue weighted by molar-refractivity contribution is 0.477. The molecule has 6 nitrogen and oxygen atoms in total. The molecule has 10 rings (SSSR count). The van der Waals surface area contributed by atoms with E-state index in [0.29, 0.717) is 11.4 Å². The number of nitrogens with zero attached hydrogens (tertiary/aromatic N) is 4. The number of para-hydroxylation sites is 5. The molecule has 226 valence electrons. The summed E-state index contributed by atoms with van der Waals surface area (Å²) in [4.78, 5) is 8.97. The number of aromatic nitrogens is 5. The second-order valence-corrected chi connectivity index (χ2v) is 12.1. The van der Waals surface area contributed by atoms with Crippen molar-refractivity contribution in [1.29, 1.82) is 0 Å². The lowest BCUT2D eigenvalue weighted by Gasteiger charge is -2.10. The minimum atomic E-state index is 0.178. The minimum Gasteiger partial charge on any atom is -0.507 e. The Morgan fingerprint density at radius 1 is 0.562 bits per heavy atom. The average Bonchev–Trinajstić information content (AvgIpc) is 3.84. The summed E-state index contributed by atoms with van der Waals surface area (Å²) in [6.07, 6.45) is 0. The van der Waals surface area contributed by atoms with Crippen molar-refractivity contribution in [2.75, 3.05) is 0 Å². The zero-order valence-electron chi connectivity index (χ0n) is 25.7. The van der Waals surface area contributed by atoms with Gasteiger partial charge in [-0.15, -0.1) is 0 Å². The van der Waals surface area contributed by atoms with Gasteiger partial charge >= 0.3 is 0 Å². The summed E-state index contributed by atoms with van der Waals surface area (Å²) in [5, 5.41) is 22.2. The summed E-state index contributed by atoms with van der Waals surface area (Å²) in [6, 6.07) is 51.4. The summed E-state index contributed by atoms with van der Waals surface area (Å²) < 4.78 is 4.12. The molecule has 0 amide bonds. The van der Waals surface area contributed by atoms with E-state index in [9.17, 15) is 5.11 Å². The van der Waals surface area contributed by atoms with Gasteiger partial charge in [0.15, 0.2) is 0 Å². The Kier molecular flexibility index (Phi) is 5.63. The van der Waals surface area contributed by atoms with Crippen molar-refractivity contribution < 1.29 is 5.11 Å². The Bertz CT molecular complexity index is 2860. The van der Waals surface area contributed by atoms with E-state index in [1.165, 1.54) is 21.5 Å². The average molecular weight is 618 g/mol. The van der Waals surface area contributed by atoms with E-state index in [1.807, 2.05) is 47.1 Å². The molecule has 0 spiro atoms. The van der Waals surface area contributed by atoms with Crippen LogP contribution < -0.4 is 0 Å². The predicted molar refractivity (Wildman–Crippen MR) is 195 cm³/mol. The van der Waals surface area contributed by atoms with Crippen molar-refractivity contribution in [2.45, 2.75) is 0 Å². The first-order valence-electron chi connectivity index (χ1n) is 16.0. The Labute approximate surface area is 274 Å². The van der Waals surface area contributed by atoms with Gasteiger partial charge in [-0.2, -0.15) is 5.10 Å². The number of rotatable bonds is 4. The molecule has 48 heavy (non-hydrogen) atoms. The first kappa shape index (κ1) is 26.5. The molecule has 0 saturated heterocycles. The van der Waals surface area contributed by atoms with E-state index >= 15 is 0 Å². The topological polar surface area (TPSA) is 71.7 Å². The highest BCUT2D eigenvalue weighted by Gasteiger charge is 2.23. The van der Waals surface area contributed by atoms with E-state index in [4.69, 9.17) is 10.1 Å². The SMILES string of the molecule is Oc1ccccc1-c1nc2c(-n3nc(-c4cccc5c4[nH]c4ccc6ccccc6c45)c4ccccc43)cccc2n1-c1ccccc1. The van der Waals surface area contributed by atoms with Gasteiger partial charge in [0.05, 0.1) is 27.8 Å². The molecule has 0 saturated carbocycles. The van der Waals surface area contributed by atoms with Gasteiger partial charge in [0, 0.05) is 32.9 Å². The third-order valence-electron chi connectivity index (χ3n) is 9.42. The maximum Gasteiger partial charge on any atom is 0.149 e. The molecule has 0 aliphatic rings. The molecule has 10 aromatic rings. The zero-order valence-corrected chi connectivity index (χ0v) is 25.7. The van der Waals surface area contributed by atoms with Gasteiger partial charge in [-0.1, -0.05) is 103 Å². The molecule has 3 heterocycles. The van der Waals surface area contributed by atoms with Crippen LogP contribution in [0, 0.1) is 0 Å². The maximum absolute atomic E-state index is 10.9. The third-order valence-corrected chi connectivity index (χ3v) is 9.42. The Hall–Kier alpha value is -6.66. The van der Waals surface area contributed by atoms with Crippen molar-refractivity contribution in [2.24, 2.45) is 0 Å². The predicted octanol–water partition coefficient (Wildman–Crippen LogP) is 10.2. The van der Waals surface area contributed by atoms with E-state index in [2.05, 4.69) is 113 Å². The van der Waals surface area contributed by atoms with E-state index < -0.39 is 0 Å². The highest BCUT2D eigenvalue weighted by atomic mass is 16.3. The Morgan fingerprint density at radius 3 is 2.17 bits per heavy atom. The maximum atomic E-state index is 10.9. The Morgan fingerprint density at radius 2 is 1.27 bits per heavy atom. The fourth-order valence-corrected chi connectivity index (χ4v) is 7.28. The number of hydrogen-bond donors (Lipinski definition) is 2. The lowest BCUT2D eigenvalue weighted by Crippen LogP contribution is -1.99. The van der Waals surface area contributed by atoms with Gasteiger partial charge in [0.25, 0.3) is 0 Å². The highest BCUT2D eigenvalue weighted by Crippen LogP contribution is 2.40. The minimum absolute atomic E-state index is 0.178. The van der Waals surface area contributed by atoms with E-state index in [1.54, 1.807) is 6.07 Å². The molecule has 0 aliphatic carbocycles. The Balaban J connectivity index is 1.25. The number of fused-ring (bicyclic) bond motifs is 7. The first-order chi connectivity index (χ1) is 23.7. The van der Waals surface area contributed by atoms with Gasteiger partial charge in [0.2, 0.25) is 0 Å². The summed E-state index contributed by atoms with van der Waals surface area (Å²) >= 11 is 0. The summed E-state index contributed by atoms with van der Waals surface area (Å²) in [5.41, 5.74) is 9.27. The van der Waals surface area contributed by atoms with Crippen LogP contribution in [0.2, 0.25) is 0 Å². The number of aromatic hydroxyl groups is 1. The van der Waals surface area contributed by atoms with E-state index in [-0.39, 0.29) is 5.75 Å². The first-order valence-corrected chi connectivity index (χ1v) is 16.0. The lowest BCUT2D eigenvalue weighted by atomic mass is 10.0. The molecule has 0 unspecified atom stereocenters. The van der Waals surface area contributed by atoms with Crippen LogP contribution in [-0.2, 0) is 0 Å². The largest absolute Gasteiger partial charge is 0.507 e.